The summed E-state index contributed by atoms with van der Waals surface area (Å²) in [6, 6.07) is 8.51. The molecule has 1 amide bonds. The van der Waals surface area contributed by atoms with Crippen LogP contribution in [0.4, 0.5) is 10.1 Å². The predicted octanol–water partition coefficient (Wildman–Crippen LogP) is 1.73. The molecule has 0 aliphatic heterocycles. The highest BCUT2D eigenvalue weighted by Gasteiger charge is 2.11. The molecule has 0 atom stereocenters. The molecule has 0 bridgehead atoms. The Morgan fingerprint density at radius 3 is 2.83 bits per heavy atom. The van der Waals surface area contributed by atoms with Crippen molar-refractivity contribution in [2.45, 2.75) is 6.54 Å². The first-order valence-corrected chi connectivity index (χ1v) is 5.39. The van der Waals surface area contributed by atoms with Crippen LogP contribution in [-0.2, 0) is 6.54 Å². The Labute approximate surface area is 104 Å². The van der Waals surface area contributed by atoms with Crippen molar-refractivity contribution in [2.24, 2.45) is 0 Å². The molecule has 1 aromatic carbocycles. The van der Waals surface area contributed by atoms with Gasteiger partial charge in [0.25, 0.3) is 5.91 Å². The second-order valence-corrected chi connectivity index (χ2v) is 3.74. The number of benzene rings is 1. The van der Waals surface area contributed by atoms with Gasteiger partial charge in [-0.25, -0.2) is 4.39 Å². The fourth-order valence-corrected chi connectivity index (χ4v) is 1.53. The topological polar surface area (TPSA) is 68.0 Å². The van der Waals surface area contributed by atoms with Gasteiger partial charge in [-0.15, -0.1) is 0 Å². The lowest BCUT2D eigenvalue weighted by atomic mass is 10.1. The summed E-state index contributed by atoms with van der Waals surface area (Å²) in [4.78, 5) is 15.3. The Hall–Kier alpha value is -2.43. The molecule has 5 heteroatoms. The SMILES string of the molecule is Nc1ccccc1CNC(=O)c1ccncc1F. The number of hydrogen-bond donors (Lipinski definition) is 2. The lowest BCUT2D eigenvalue weighted by Crippen LogP contribution is -2.24. The van der Waals surface area contributed by atoms with Crippen molar-refractivity contribution in [3.05, 3.63) is 59.7 Å². The molecule has 1 heterocycles. The van der Waals surface area contributed by atoms with Crippen molar-refractivity contribution in [3.8, 4) is 0 Å². The van der Waals surface area contributed by atoms with Crippen LogP contribution in [-0.4, -0.2) is 10.9 Å². The van der Waals surface area contributed by atoms with Gasteiger partial charge >= 0.3 is 0 Å². The Morgan fingerprint density at radius 1 is 1.33 bits per heavy atom. The summed E-state index contributed by atoms with van der Waals surface area (Å²) < 4.78 is 13.3. The molecule has 0 saturated heterocycles. The Bertz CT molecular complexity index is 572. The van der Waals surface area contributed by atoms with Crippen molar-refractivity contribution in [1.82, 2.24) is 10.3 Å². The highest BCUT2D eigenvalue weighted by molar-refractivity contribution is 5.94. The van der Waals surface area contributed by atoms with Crippen LogP contribution < -0.4 is 11.1 Å². The van der Waals surface area contributed by atoms with Gasteiger partial charge in [0.2, 0.25) is 0 Å². The minimum atomic E-state index is -0.643. The summed E-state index contributed by atoms with van der Waals surface area (Å²) in [6.07, 6.45) is 2.38. The number of pyridine rings is 1. The van der Waals surface area contributed by atoms with Gasteiger partial charge in [0.05, 0.1) is 11.8 Å². The molecule has 3 N–H and O–H groups in total. The maximum atomic E-state index is 13.3. The normalized spacial score (nSPS) is 10.1. The number of aromatic nitrogens is 1. The summed E-state index contributed by atoms with van der Waals surface area (Å²) >= 11 is 0. The van der Waals surface area contributed by atoms with E-state index in [9.17, 15) is 9.18 Å². The van der Waals surface area contributed by atoms with Gasteiger partial charge in [0.15, 0.2) is 5.82 Å². The Balaban J connectivity index is 2.06. The fourth-order valence-electron chi connectivity index (χ4n) is 1.53. The average molecular weight is 245 g/mol. The van der Waals surface area contributed by atoms with Gasteiger partial charge in [-0.05, 0) is 17.7 Å². The number of nitrogens with two attached hydrogens (primary N) is 1. The zero-order valence-electron chi connectivity index (χ0n) is 9.56. The third-order valence-electron chi connectivity index (χ3n) is 2.51. The number of carbonyl (C=O) groups excluding carboxylic acids is 1. The molecule has 0 spiro atoms. The van der Waals surface area contributed by atoms with E-state index in [0.717, 1.165) is 11.8 Å². The molecule has 0 aliphatic carbocycles. The Kier molecular flexibility index (Phi) is 3.52. The minimum Gasteiger partial charge on any atom is -0.398 e. The van der Waals surface area contributed by atoms with Crippen LogP contribution in [0, 0.1) is 5.82 Å². The number of rotatable bonds is 3. The van der Waals surface area contributed by atoms with E-state index in [1.165, 1.54) is 12.3 Å². The van der Waals surface area contributed by atoms with Crippen LogP contribution >= 0.6 is 0 Å². The second kappa shape index (κ2) is 5.27. The molecule has 0 radical (unpaired) electrons. The molecule has 92 valence electrons. The quantitative estimate of drug-likeness (QED) is 0.809. The summed E-state index contributed by atoms with van der Waals surface area (Å²) in [6.45, 7) is 0.257. The standard InChI is InChI=1S/C13H12FN3O/c14-11-8-16-6-5-10(11)13(18)17-7-9-3-1-2-4-12(9)15/h1-6,8H,7,15H2,(H,17,18). The van der Waals surface area contributed by atoms with Crippen LogP contribution in [0.1, 0.15) is 15.9 Å². The van der Waals surface area contributed by atoms with Gasteiger partial charge in [-0.2, -0.15) is 0 Å². The molecule has 4 nitrogen and oxygen atoms in total. The van der Waals surface area contributed by atoms with E-state index in [1.54, 1.807) is 12.1 Å². The number of para-hydroxylation sites is 1. The van der Waals surface area contributed by atoms with Crippen molar-refractivity contribution >= 4 is 11.6 Å². The molecule has 0 aliphatic rings. The molecule has 2 rings (SSSR count). The van der Waals surface area contributed by atoms with E-state index in [1.807, 2.05) is 12.1 Å². The number of nitrogen functional groups attached to an aromatic ring is 1. The molecule has 18 heavy (non-hydrogen) atoms. The van der Waals surface area contributed by atoms with Crippen LogP contribution in [0.3, 0.4) is 0 Å². The zero-order chi connectivity index (χ0) is 13.0. The fraction of sp³-hybridized carbons (Fsp3) is 0.0769. The van der Waals surface area contributed by atoms with Crippen molar-refractivity contribution < 1.29 is 9.18 Å². The minimum absolute atomic E-state index is 0.0282. The third-order valence-corrected chi connectivity index (χ3v) is 2.51. The predicted molar refractivity (Wildman–Crippen MR) is 66.2 cm³/mol. The van der Waals surface area contributed by atoms with Crippen LogP contribution in [0.15, 0.2) is 42.7 Å². The maximum absolute atomic E-state index is 13.3. The van der Waals surface area contributed by atoms with Gasteiger partial charge < -0.3 is 11.1 Å². The zero-order valence-corrected chi connectivity index (χ0v) is 9.56. The monoisotopic (exact) mass is 245 g/mol. The summed E-state index contributed by atoms with van der Waals surface area (Å²) in [5, 5.41) is 2.61. The first kappa shape index (κ1) is 12.0. The van der Waals surface area contributed by atoms with Gasteiger partial charge in [-0.1, -0.05) is 18.2 Å². The number of hydrogen-bond acceptors (Lipinski definition) is 3. The van der Waals surface area contributed by atoms with E-state index >= 15 is 0 Å². The number of carbonyl (C=O) groups is 1. The third kappa shape index (κ3) is 2.63. The largest absolute Gasteiger partial charge is 0.398 e. The Morgan fingerprint density at radius 2 is 2.11 bits per heavy atom. The van der Waals surface area contributed by atoms with Gasteiger partial charge in [0.1, 0.15) is 0 Å². The summed E-state index contributed by atoms with van der Waals surface area (Å²) in [5.74, 6) is -1.13. The van der Waals surface area contributed by atoms with Crippen LogP contribution in [0.2, 0.25) is 0 Å². The van der Waals surface area contributed by atoms with Crippen LogP contribution in [0.5, 0.6) is 0 Å². The number of anilines is 1. The maximum Gasteiger partial charge on any atom is 0.254 e. The smallest absolute Gasteiger partial charge is 0.254 e. The number of halogens is 1. The van der Waals surface area contributed by atoms with E-state index in [4.69, 9.17) is 5.73 Å². The number of nitrogens with zero attached hydrogens (tertiary/aromatic N) is 1. The summed E-state index contributed by atoms with van der Waals surface area (Å²) in [5.41, 5.74) is 7.09. The van der Waals surface area contributed by atoms with Crippen molar-refractivity contribution in [3.63, 3.8) is 0 Å². The number of amides is 1. The lowest BCUT2D eigenvalue weighted by Gasteiger charge is -2.07. The second-order valence-electron chi connectivity index (χ2n) is 3.74. The summed E-state index contributed by atoms with van der Waals surface area (Å²) in [7, 11) is 0. The molecule has 0 saturated carbocycles. The van der Waals surface area contributed by atoms with Crippen molar-refractivity contribution in [1.29, 1.82) is 0 Å². The first-order valence-electron chi connectivity index (χ1n) is 5.39. The molecule has 0 fully saturated rings. The highest BCUT2D eigenvalue weighted by Crippen LogP contribution is 2.10. The molecule has 1 aromatic heterocycles. The van der Waals surface area contributed by atoms with Gasteiger partial charge in [-0.3, -0.25) is 9.78 Å². The van der Waals surface area contributed by atoms with E-state index in [-0.39, 0.29) is 12.1 Å². The van der Waals surface area contributed by atoms with E-state index in [2.05, 4.69) is 10.3 Å². The van der Waals surface area contributed by atoms with E-state index in [0.29, 0.717) is 5.69 Å². The van der Waals surface area contributed by atoms with Crippen molar-refractivity contribution in [2.75, 3.05) is 5.73 Å². The molecular weight excluding hydrogens is 233 g/mol. The lowest BCUT2D eigenvalue weighted by molar-refractivity contribution is 0.0947. The number of nitrogens with one attached hydrogen (secondary N) is 1. The van der Waals surface area contributed by atoms with Gasteiger partial charge in [0, 0.05) is 18.4 Å². The average Bonchev–Trinajstić information content (AvgIpc) is 2.38. The molecule has 0 unspecified atom stereocenters. The van der Waals surface area contributed by atoms with Crippen LogP contribution in [0.25, 0.3) is 0 Å². The first-order chi connectivity index (χ1) is 8.68. The highest BCUT2D eigenvalue weighted by atomic mass is 19.1. The van der Waals surface area contributed by atoms with E-state index < -0.39 is 11.7 Å². The molecule has 2 aromatic rings. The molecular formula is C13H12FN3O.